The van der Waals surface area contributed by atoms with E-state index in [2.05, 4.69) is 15.3 Å². The van der Waals surface area contributed by atoms with Gasteiger partial charge in [0, 0.05) is 12.0 Å². The Bertz CT molecular complexity index is 597. The van der Waals surface area contributed by atoms with Crippen molar-refractivity contribution in [2.45, 2.75) is 26.7 Å². The lowest BCUT2D eigenvalue weighted by molar-refractivity contribution is 0.776. The van der Waals surface area contributed by atoms with Crippen LogP contribution in [0.1, 0.15) is 31.2 Å². The molecule has 0 radical (unpaired) electrons. The van der Waals surface area contributed by atoms with E-state index >= 15 is 0 Å². The number of benzene rings is 1. The van der Waals surface area contributed by atoms with Gasteiger partial charge in [-0.25, -0.2) is 9.97 Å². The van der Waals surface area contributed by atoms with Crippen LogP contribution in [-0.4, -0.2) is 9.97 Å². The minimum absolute atomic E-state index is 0.215. The molecule has 1 aromatic heterocycles. The third-order valence-corrected chi connectivity index (χ3v) is 3.14. The average Bonchev–Trinajstić information content (AvgIpc) is 2.33. The standard InChI is InChI=1S/C14H15Cl2N3/c1-8(2)14-18-12(16)7-13(19-14)17-11-6-9(3)4-5-10(11)15/h4-8H,1-3H3,(H,17,18,19). The van der Waals surface area contributed by atoms with E-state index in [-0.39, 0.29) is 5.92 Å². The van der Waals surface area contributed by atoms with E-state index in [4.69, 9.17) is 23.2 Å². The van der Waals surface area contributed by atoms with Crippen LogP contribution in [0.4, 0.5) is 11.5 Å². The van der Waals surface area contributed by atoms with Gasteiger partial charge >= 0.3 is 0 Å². The van der Waals surface area contributed by atoms with Crippen LogP contribution in [0.15, 0.2) is 24.3 Å². The summed E-state index contributed by atoms with van der Waals surface area (Å²) in [5.74, 6) is 1.57. The Balaban J connectivity index is 2.35. The molecule has 1 aromatic carbocycles. The number of hydrogen-bond donors (Lipinski definition) is 1. The van der Waals surface area contributed by atoms with Gasteiger partial charge in [-0.15, -0.1) is 0 Å². The van der Waals surface area contributed by atoms with E-state index in [9.17, 15) is 0 Å². The maximum absolute atomic E-state index is 6.15. The van der Waals surface area contributed by atoms with Gasteiger partial charge < -0.3 is 5.32 Å². The molecule has 0 aliphatic heterocycles. The zero-order valence-electron chi connectivity index (χ0n) is 11.0. The summed E-state index contributed by atoms with van der Waals surface area (Å²) in [6.45, 7) is 6.05. The van der Waals surface area contributed by atoms with Crippen molar-refractivity contribution < 1.29 is 0 Å². The van der Waals surface area contributed by atoms with Crippen molar-refractivity contribution >= 4 is 34.7 Å². The second kappa shape index (κ2) is 5.76. The largest absolute Gasteiger partial charge is 0.339 e. The van der Waals surface area contributed by atoms with Crippen molar-refractivity contribution in [3.8, 4) is 0 Å². The van der Waals surface area contributed by atoms with Gasteiger partial charge in [0.2, 0.25) is 0 Å². The maximum atomic E-state index is 6.15. The van der Waals surface area contributed by atoms with Crippen molar-refractivity contribution in [1.82, 2.24) is 9.97 Å². The number of aromatic nitrogens is 2. The molecule has 0 aliphatic carbocycles. The lowest BCUT2D eigenvalue weighted by atomic mass is 10.2. The van der Waals surface area contributed by atoms with Gasteiger partial charge in [0.1, 0.15) is 16.8 Å². The SMILES string of the molecule is Cc1ccc(Cl)c(Nc2cc(Cl)nc(C(C)C)n2)c1. The number of hydrogen-bond acceptors (Lipinski definition) is 3. The third-order valence-electron chi connectivity index (χ3n) is 2.61. The Labute approximate surface area is 123 Å². The van der Waals surface area contributed by atoms with Crippen molar-refractivity contribution in [2.24, 2.45) is 0 Å². The maximum Gasteiger partial charge on any atom is 0.135 e. The first-order valence-corrected chi connectivity index (χ1v) is 6.79. The first-order chi connectivity index (χ1) is 8.95. The van der Waals surface area contributed by atoms with Crippen LogP contribution in [0, 0.1) is 6.92 Å². The molecule has 0 spiro atoms. The first kappa shape index (κ1) is 14.1. The Hall–Kier alpha value is -1.32. The lowest BCUT2D eigenvalue weighted by Gasteiger charge is -2.11. The average molecular weight is 296 g/mol. The van der Waals surface area contributed by atoms with Crippen LogP contribution in [0.3, 0.4) is 0 Å². The molecule has 0 bridgehead atoms. The lowest BCUT2D eigenvalue weighted by Crippen LogP contribution is -2.02. The summed E-state index contributed by atoms with van der Waals surface area (Å²) >= 11 is 12.2. The van der Waals surface area contributed by atoms with Crippen LogP contribution in [-0.2, 0) is 0 Å². The van der Waals surface area contributed by atoms with Gasteiger partial charge in [-0.05, 0) is 24.6 Å². The molecule has 0 saturated carbocycles. The van der Waals surface area contributed by atoms with Gasteiger partial charge in [0.15, 0.2) is 0 Å². The van der Waals surface area contributed by atoms with Gasteiger partial charge in [-0.3, -0.25) is 0 Å². The minimum atomic E-state index is 0.215. The monoisotopic (exact) mass is 295 g/mol. The normalized spacial score (nSPS) is 10.8. The second-order valence-corrected chi connectivity index (χ2v) is 5.49. The number of aryl methyl sites for hydroxylation is 1. The van der Waals surface area contributed by atoms with Gasteiger partial charge in [0.25, 0.3) is 0 Å². The van der Waals surface area contributed by atoms with E-state index in [1.54, 1.807) is 6.07 Å². The molecule has 0 fully saturated rings. The van der Waals surface area contributed by atoms with Gasteiger partial charge in [-0.2, -0.15) is 0 Å². The minimum Gasteiger partial charge on any atom is -0.339 e. The Morgan fingerprint density at radius 1 is 1.11 bits per heavy atom. The van der Waals surface area contributed by atoms with E-state index in [0.717, 1.165) is 11.3 Å². The predicted molar refractivity (Wildman–Crippen MR) is 80.6 cm³/mol. The molecular formula is C14H15Cl2N3. The van der Waals surface area contributed by atoms with Crippen LogP contribution in [0.5, 0.6) is 0 Å². The molecule has 0 unspecified atom stereocenters. The predicted octanol–water partition coefficient (Wildman–Crippen LogP) is 4.96. The number of anilines is 2. The molecule has 0 atom stereocenters. The Kier molecular flexibility index (Phi) is 4.27. The molecule has 19 heavy (non-hydrogen) atoms. The zero-order valence-corrected chi connectivity index (χ0v) is 12.5. The highest BCUT2D eigenvalue weighted by atomic mass is 35.5. The fourth-order valence-corrected chi connectivity index (χ4v) is 1.99. The summed E-state index contributed by atoms with van der Waals surface area (Å²) in [4.78, 5) is 8.63. The summed E-state index contributed by atoms with van der Waals surface area (Å²) < 4.78 is 0. The fraction of sp³-hybridized carbons (Fsp3) is 0.286. The Morgan fingerprint density at radius 2 is 1.84 bits per heavy atom. The number of halogens is 2. The smallest absolute Gasteiger partial charge is 0.135 e. The van der Waals surface area contributed by atoms with E-state index < -0.39 is 0 Å². The van der Waals surface area contributed by atoms with Crippen LogP contribution in [0.25, 0.3) is 0 Å². The summed E-state index contributed by atoms with van der Waals surface area (Å²) in [6, 6.07) is 7.46. The number of nitrogens with zero attached hydrogens (tertiary/aromatic N) is 2. The van der Waals surface area contributed by atoms with Crippen LogP contribution in [0.2, 0.25) is 10.2 Å². The van der Waals surface area contributed by atoms with Gasteiger partial charge in [0.05, 0.1) is 10.7 Å². The summed E-state index contributed by atoms with van der Waals surface area (Å²) in [6.07, 6.45) is 0. The molecule has 0 amide bonds. The van der Waals surface area contributed by atoms with Crippen molar-refractivity contribution in [1.29, 1.82) is 0 Å². The summed E-state index contributed by atoms with van der Waals surface area (Å²) in [5, 5.41) is 4.25. The summed E-state index contributed by atoms with van der Waals surface area (Å²) in [7, 11) is 0. The highest BCUT2D eigenvalue weighted by molar-refractivity contribution is 6.33. The van der Waals surface area contributed by atoms with Crippen molar-refractivity contribution in [3.05, 3.63) is 45.8 Å². The highest BCUT2D eigenvalue weighted by Gasteiger charge is 2.08. The highest BCUT2D eigenvalue weighted by Crippen LogP contribution is 2.27. The first-order valence-electron chi connectivity index (χ1n) is 6.03. The molecule has 1 N–H and O–H groups in total. The van der Waals surface area contributed by atoms with Crippen molar-refractivity contribution in [2.75, 3.05) is 5.32 Å². The van der Waals surface area contributed by atoms with Crippen molar-refractivity contribution in [3.63, 3.8) is 0 Å². The number of nitrogens with one attached hydrogen (secondary N) is 1. The number of rotatable bonds is 3. The van der Waals surface area contributed by atoms with Crippen LogP contribution >= 0.6 is 23.2 Å². The molecule has 3 nitrogen and oxygen atoms in total. The molecule has 100 valence electrons. The summed E-state index contributed by atoms with van der Waals surface area (Å²) in [5.41, 5.74) is 1.93. The molecule has 2 aromatic rings. The van der Waals surface area contributed by atoms with Gasteiger partial charge in [-0.1, -0.05) is 43.1 Å². The fourth-order valence-electron chi connectivity index (χ4n) is 1.63. The quantitative estimate of drug-likeness (QED) is 0.813. The molecule has 1 heterocycles. The zero-order chi connectivity index (χ0) is 14.0. The molecule has 0 saturated heterocycles. The van der Waals surface area contributed by atoms with E-state index in [0.29, 0.717) is 21.8 Å². The van der Waals surface area contributed by atoms with E-state index in [1.165, 1.54) is 0 Å². The van der Waals surface area contributed by atoms with E-state index in [1.807, 2.05) is 39.0 Å². The molecular weight excluding hydrogens is 281 g/mol. The molecule has 0 aliphatic rings. The second-order valence-electron chi connectivity index (χ2n) is 4.70. The third kappa shape index (κ3) is 3.58. The Morgan fingerprint density at radius 3 is 2.53 bits per heavy atom. The molecule has 2 rings (SSSR count). The molecule has 5 heteroatoms. The topological polar surface area (TPSA) is 37.8 Å². The van der Waals surface area contributed by atoms with Crippen LogP contribution < -0.4 is 5.32 Å².